The number of benzene rings is 2. The maximum Gasteiger partial charge on any atom is 0.262 e. The maximum atomic E-state index is 11.9. The molecule has 0 saturated carbocycles. The highest BCUT2D eigenvalue weighted by atomic mass is 32.1. The van der Waals surface area contributed by atoms with Crippen LogP contribution in [0.15, 0.2) is 60.7 Å². The smallest absolute Gasteiger partial charge is 0.262 e. The Morgan fingerprint density at radius 3 is 2.38 bits per heavy atom. The molecule has 0 aliphatic heterocycles. The van der Waals surface area contributed by atoms with E-state index in [1.54, 1.807) is 6.08 Å². The molecule has 0 fully saturated rings. The molecule has 0 heterocycles. The predicted octanol–water partition coefficient (Wildman–Crippen LogP) is 3.79. The van der Waals surface area contributed by atoms with Crippen LogP contribution in [-0.2, 0) is 4.79 Å². The Morgan fingerprint density at radius 2 is 1.69 bits per heavy atom. The lowest BCUT2D eigenvalue weighted by atomic mass is 10.1. The highest BCUT2D eigenvalue weighted by molar-refractivity contribution is 7.80. The zero-order valence-electron chi connectivity index (χ0n) is 15.1. The second-order valence-corrected chi connectivity index (χ2v) is 7.05. The first-order chi connectivity index (χ1) is 12.3. The maximum absolute atomic E-state index is 11.9. The lowest BCUT2D eigenvalue weighted by Crippen LogP contribution is -2.51. The van der Waals surface area contributed by atoms with E-state index in [0.29, 0.717) is 10.9 Å². The van der Waals surface area contributed by atoms with Crippen molar-refractivity contribution in [2.75, 3.05) is 0 Å². The summed E-state index contributed by atoms with van der Waals surface area (Å²) in [7, 11) is 0. The fourth-order valence-corrected chi connectivity index (χ4v) is 2.37. The van der Waals surface area contributed by atoms with Crippen molar-refractivity contribution in [2.45, 2.75) is 26.3 Å². The van der Waals surface area contributed by atoms with E-state index in [1.807, 2.05) is 75.4 Å². The standard InChI is InChI=1S/C20H23N3O2S/c1-20(2,3)21-19(26)23-22-18(24)13-12-15-8-7-11-17(14-15)25-16-9-5-4-6-10-16/h4-14H,1-3H3,(H,22,24)(H2,21,23,26)/b13-12+. The van der Waals surface area contributed by atoms with Crippen molar-refractivity contribution in [2.24, 2.45) is 0 Å². The Kier molecular flexibility index (Phi) is 6.74. The van der Waals surface area contributed by atoms with Crippen molar-refractivity contribution in [3.05, 3.63) is 66.2 Å². The van der Waals surface area contributed by atoms with E-state index in [2.05, 4.69) is 16.2 Å². The van der Waals surface area contributed by atoms with E-state index < -0.39 is 0 Å². The lowest BCUT2D eigenvalue weighted by Gasteiger charge is -2.22. The predicted molar refractivity (Wildman–Crippen MR) is 109 cm³/mol. The Morgan fingerprint density at radius 1 is 1.00 bits per heavy atom. The number of para-hydroxylation sites is 1. The van der Waals surface area contributed by atoms with Crippen LogP contribution in [0.3, 0.4) is 0 Å². The minimum Gasteiger partial charge on any atom is -0.457 e. The number of hydrogen-bond donors (Lipinski definition) is 3. The zero-order valence-corrected chi connectivity index (χ0v) is 15.9. The molecule has 2 aromatic carbocycles. The molecular weight excluding hydrogens is 346 g/mol. The summed E-state index contributed by atoms with van der Waals surface area (Å²) in [5, 5.41) is 3.40. The minimum absolute atomic E-state index is 0.177. The average molecular weight is 369 g/mol. The fraction of sp³-hybridized carbons (Fsp3) is 0.200. The molecule has 26 heavy (non-hydrogen) atoms. The van der Waals surface area contributed by atoms with Gasteiger partial charge in [-0.2, -0.15) is 0 Å². The van der Waals surface area contributed by atoms with Gasteiger partial charge in [-0.25, -0.2) is 0 Å². The summed E-state index contributed by atoms with van der Waals surface area (Å²) >= 11 is 5.10. The number of hydrazine groups is 1. The van der Waals surface area contributed by atoms with E-state index in [1.165, 1.54) is 6.08 Å². The molecule has 0 aromatic heterocycles. The highest BCUT2D eigenvalue weighted by Gasteiger charge is 2.10. The number of rotatable bonds is 4. The monoisotopic (exact) mass is 369 g/mol. The van der Waals surface area contributed by atoms with Crippen LogP contribution in [-0.4, -0.2) is 16.6 Å². The van der Waals surface area contributed by atoms with Crippen molar-refractivity contribution in [1.29, 1.82) is 0 Å². The van der Waals surface area contributed by atoms with Gasteiger partial charge in [0.05, 0.1) is 0 Å². The first kappa shape index (κ1) is 19.5. The molecule has 0 radical (unpaired) electrons. The summed E-state index contributed by atoms with van der Waals surface area (Å²) < 4.78 is 5.78. The molecule has 2 aromatic rings. The molecule has 0 aliphatic rings. The van der Waals surface area contributed by atoms with Crippen LogP contribution in [0.1, 0.15) is 26.3 Å². The van der Waals surface area contributed by atoms with Gasteiger partial charge in [0.1, 0.15) is 11.5 Å². The third-order valence-corrected chi connectivity index (χ3v) is 3.26. The van der Waals surface area contributed by atoms with Crippen LogP contribution >= 0.6 is 12.2 Å². The van der Waals surface area contributed by atoms with Crippen LogP contribution < -0.4 is 20.9 Å². The van der Waals surface area contributed by atoms with Gasteiger partial charge in [0.25, 0.3) is 5.91 Å². The third-order valence-electron chi connectivity index (χ3n) is 3.05. The second kappa shape index (κ2) is 9.01. The minimum atomic E-state index is -0.308. The quantitative estimate of drug-likeness (QED) is 0.435. The SMILES string of the molecule is CC(C)(C)NC(=S)NNC(=O)/C=C/c1cccc(Oc2ccccc2)c1. The molecule has 3 N–H and O–H groups in total. The van der Waals surface area contributed by atoms with Crippen LogP contribution in [0.2, 0.25) is 0 Å². The third kappa shape index (κ3) is 7.36. The van der Waals surface area contributed by atoms with E-state index in [0.717, 1.165) is 11.3 Å². The van der Waals surface area contributed by atoms with E-state index >= 15 is 0 Å². The summed E-state index contributed by atoms with van der Waals surface area (Å²) in [5.41, 5.74) is 5.86. The molecule has 0 aliphatic carbocycles. The topological polar surface area (TPSA) is 62.4 Å². The molecule has 0 unspecified atom stereocenters. The lowest BCUT2D eigenvalue weighted by molar-refractivity contribution is -0.117. The molecule has 0 saturated heterocycles. The second-order valence-electron chi connectivity index (χ2n) is 6.64. The molecular formula is C20H23N3O2S. The number of amides is 1. The molecule has 1 amide bonds. The van der Waals surface area contributed by atoms with Crippen LogP contribution in [0.5, 0.6) is 11.5 Å². The summed E-state index contributed by atoms with van der Waals surface area (Å²) in [6.45, 7) is 5.94. The van der Waals surface area contributed by atoms with Gasteiger partial charge in [-0.15, -0.1) is 0 Å². The molecule has 0 atom stereocenters. The summed E-state index contributed by atoms with van der Waals surface area (Å²) in [6, 6.07) is 17.0. The first-order valence-corrected chi connectivity index (χ1v) is 8.62. The normalized spacial score (nSPS) is 11.0. The van der Waals surface area contributed by atoms with Crippen molar-refractivity contribution in [1.82, 2.24) is 16.2 Å². The Hall–Kier alpha value is -2.86. The van der Waals surface area contributed by atoms with Gasteiger partial charge in [-0.3, -0.25) is 15.6 Å². The van der Waals surface area contributed by atoms with Gasteiger partial charge in [-0.1, -0.05) is 30.3 Å². The van der Waals surface area contributed by atoms with Crippen molar-refractivity contribution >= 4 is 29.3 Å². The zero-order chi connectivity index (χ0) is 19.0. The van der Waals surface area contributed by atoms with Gasteiger partial charge in [0.2, 0.25) is 0 Å². The van der Waals surface area contributed by atoms with Gasteiger partial charge in [0, 0.05) is 11.6 Å². The fourth-order valence-electron chi connectivity index (χ4n) is 2.01. The summed E-state index contributed by atoms with van der Waals surface area (Å²) in [6.07, 6.45) is 3.13. The largest absolute Gasteiger partial charge is 0.457 e. The van der Waals surface area contributed by atoms with Gasteiger partial charge >= 0.3 is 0 Å². The van der Waals surface area contributed by atoms with Gasteiger partial charge < -0.3 is 10.1 Å². The molecule has 0 spiro atoms. The summed E-state index contributed by atoms with van der Waals surface area (Å²) in [4.78, 5) is 11.9. The van der Waals surface area contributed by atoms with Gasteiger partial charge in [-0.05, 0) is 68.9 Å². The number of thiocarbonyl (C=S) groups is 1. The number of ether oxygens (including phenoxy) is 1. The van der Waals surface area contributed by atoms with E-state index in [4.69, 9.17) is 17.0 Å². The van der Waals surface area contributed by atoms with Crippen LogP contribution in [0, 0.1) is 0 Å². The van der Waals surface area contributed by atoms with Gasteiger partial charge in [0.15, 0.2) is 5.11 Å². The number of carbonyl (C=O) groups excluding carboxylic acids is 1. The van der Waals surface area contributed by atoms with Crippen LogP contribution in [0.4, 0.5) is 0 Å². The number of carbonyl (C=O) groups is 1. The molecule has 6 heteroatoms. The van der Waals surface area contributed by atoms with Crippen molar-refractivity contribution in [3.63, 3.8) is 0 Å². The molecule has 5 nitrogen and oxygen atoms in total. The number of nitrogens with one attached hydrogen (secondary N) is 3. The average Bonchev–Trinajstić information content (AvgIpc) is 2.58. The molecule has 2 rings (SSSR count). The molecule has 136 valence electrons. The van der Waals surface area contributed by atoms with E-state index in [-0.39, 0.29) is 11.4 Å². The Balaban J connectivity index is 1.88. The van der Waals surface area contributed by atoms with Crippen LogP contribution in [0.25, 0.3) is 6.08 Å². The van der Waals surface area contributed by atoms with Crippen molar-refractivity contribution < 1.29 is 9.53 Å². The summed E-state index contributed by atoms with van der Waals surface area (Å²) in [5.74, 6) is 1.15. The Labute approximate surface area is 159 Å². The molecule has 0 bridgehead atoms. The van der Waals surface area contributed by atoms with Crippen molar-refractivity contribution in [3.8, 4) is 11.5 Å². The number of hydrogen-bond acceptors (Lipinski definition) is 3. The Bertz CT molecular complexity index is 783. The van der Waals surface area contributed by atoms with E-state index in [9.17, 15) is 4.79 Å². The highest BCUT2D eigenvalue weighted by Crippen LogP contribution is 2.22. The first-order valence-electron chi connectivity index (χ1n) is 8.21.